The number of hydrogen-bond acceptors (Lipinski definition) is 6. The molecule has 0 saturated heterocycles. The third-order valence-electron chi connectivity index (χ3n) is 5.66. The molecule has 3 aromatic carbocycles. The van der Waals surface area contributed by atoms with Crippen LogP contribution >= 0.6 is 11.3 Å². The number of thiazole rings is 1. The summed E-state index contributed by atoms with van der Waals surface area (Å²) in [7, 11) is 1.66. The molecule has 0 radical (unpaired) electrons. The number of carbonyl (C=O) groups is 2. The number of fused-ring (bicyclic) bond motifs is 3. The van der Waals surface area contributed by atoms with Crippen molar-refractivity contribution in [2.75, 3.05) is 13.7 Å². The lowest BCUT2D eigenvalue weighted by atomic mass is 10.1. The van der Waals surface area contributed by atoms with E-state index < -0.39 is 5.97 Å². The van der Waals surface area contributed by atoms with E-state index in [-0.39, 0.29) is 24.5 Å². The molecule has 7 nitrogen and oxygen atoms in total. The van der Waals surface area contributed by atoms with Crippen LogP contribution in [-0.2, 0) is 27.4 Å². The largest absolute Gasteiger partial charge is 0.454 e. The number of likely N-dealkylation sites (N-methyl/N-ethyl adjacent to an activating group) is 1. The average molecular weight is 472 g/mol. The van der Waals surface area contributed by atoms with Crippen molar-refractivity contribution >= 4 is 55.2 Å². The van der Waals surface area contributed by atoms with Crippen molar-refractivity contribution in [3.05, 3.63) is 88.0 Å². The van der Waals surface area contributed by atoms with Gasteiger partial charge in [0.2, 0.25) is 0 Å². The van der Waals surface area contributed by atoms with E-state index in [0.717, 1.165) is 15.2 Å². The molecule has 0 saturated carbocycles. The van der Waals surface area contributed by atoms with Crippen LogP contribution in [0.4, 0.5) is 0 Å². The maximum absolute atomic E-state index is 12.8. The molecule has 0 spiro atoms. The standard InChI is InChI=1S/C26H21N3O4S/c1-28(14-23-27-19-10-4-7-13-22(19)34-23)24(30)16-33-25(31)15-29-20-11-5-2-8-17(20)26(32)18-9-3-6-12-21(18)29/h2-13H,14-16H2,1H3. The van der Waals surface area contributed by atoms with Crippen LogP contribution in [0.3, 0.4) is 0 Å². The van der Waals surface area contributed by atoms with E-state index in [0.29, 0.717) is 28.4 Å². The Morgan fingerprint density at radius 1 is 0.941 bits per heavy atom. The second-order valence-corrected chi connectivity index (χ2v) is 9.05. The van der Waals surface area contributed by atoms with Crippen LogP contribution in [0.2, 0.25) is 0 Å². The summed E-state index contributed by atoms with van der Waals surface area (Å²) in [6.45, 7) is -0.142. The van der Waals surface area contributed by atoms with Crippen LogP contribution in [0.25, 0.3) is 32.0 Å². The predicted octanol–water partition coefficient (Wildman–Crippen LogP) is 3.97. The van der Waals surface area contributed by atoms with Gasteiger partial charge < -0.3 is 14.2 Å². The van der Waals surface area contributed by atoms with Gasteiger partial charge in [-0.25, -0.2) is 4.98 Å². The summed E-state index contributed by atoms with van der Waals surface area (Å²) in [4.78, 5) is 44.1. The van der Waals surface area contributed by atoms with E-state index >= 15 is 0 Å². The summed E-state index contributed by atoms with van der Waals surface area (Å²) in [6.07, 6.45) is 0. The van der Waals surface area contributed by atoms with E-state index in [4.69, 9.17) is 4.74 Å². The van der Waals surface area contributed by atoms with Crippen LogP contribution in [0.15, 0.2) is 77.6 Å². The number of rotatable bonds is 6. The number of aromatic nitrogens is 2. The number of benzene rings is 3. The molecule has 0 fully saturated rings. The molecule has 1 amide bonds. The van der Waals surface area contributed by atoms with Crippen LogP contribution in [0.5, 0.6) is 0 Å². The van der Waals surface area contributed by atoms with Gasteiger partial charge in [0, 0.05) is 17.8 Å². The Morgan fingerprint density at radius 2 is 1.56 bits per heavy atom. The van der Waals surface area contributed by atoms with Gasteiger partial charge in [-0.3, -0.25) is 14.4 Å². The minimum atomic E-state index is -0.555. The zero-order valence-corrected chi connectivity index (χ0v) is 19.2. The molecule has 2 heterocycles. The zero-order valence-electron chi connectivity index (χ0n) is 18.4. The predicted molar refractivity (Wildman–Crippen MR) is 133 cm³/mol. The van der Waals surface area contributed by atoms with Gasteiger partial charge >= 0.3 is 5.97 Å². The van der Waals surface area contributed by atoms with Gasteiger partial charge in [-0.2, -0.15) is 0 Å². The van der Waals surface area contributed by atoms with Crippen molar-refractivity contribution in [2.45, 2.75) is 13.1 Å². The summed E-state index contributed by atoms with van der Waals surface area (Å²) in [5.74, 6) is -0.872. The van der Waals surface area contributed by atoms with E-state index in [1.807, 2.05) is 36.4 Å². The lowest BCUT2D eigenvalue weighted by Gasteiger charge is -2.17. The maximum atomic E-state index is 12.8. The van der Waals surface area contributed by atoms with Gasteiger partial charge in [-0.1, -0.05) is 36.4 Å². The summed E-state index contributed by atoms with van der Waals surface area (Å²) in [5, 5.41) is 1.87. The van der Waals surface area contributed by atoms with Crippen molar-refractivity contribution in [2.24, 2.45) is 0 Å². The highest BCUT2D eigenvalue weighted by molar-refractivity contribution is 7.18. The molecule has 0 N–H and O–H groups in total. The smallest absolute Gasteiger partial charge is 0.326 e. The summed E-state index contributed by atoms with van der Waals surface area (Å²) in [6, 6.07) is 22.1. The Morgan fingerprint density at radius 3 is 2.24 bits per heavy atom. The highest BCUT2D eigenvalue weighted by atomic mass is 32.1. The van der Waals surface area contributed by atoms with Gasteiger partial charge in [0.25, 0.3) is 5.91 Å². The van der Waals surface area contributed by atoms with Crippen molar-refractivity contribution in [3.8, 4) is 0 Å². The molecular weight excluding hydrogens is 450 g/mol. The number of esters is 1. The normalized spacial score (nSPS) is 11.2. The monoisotopic (exact) mass is 471 g/mol. The van der Waals surface area contributed by atoms with Gasteiger partial charge in [-0.05, 0) is 36.4 Å². The fraction of sp³-hybridized carbons (Fsp3) is 0.154. The second kappa shape index (κ2) is 9.07. The first kappa shape index (κ1) is 21.8. The molecule has 0 atom stereocenters. The van der Waals surface area contributed by atoms with Crippen molar-refractivity contribution in [1.82, 2.24) is 14.5 Å². The topological polar surface area (TPSA) is 81.5 Å². The average Bonchev–Trinajstić information content (AvgIpc) is 3.27. The van der Waals surface area contributed by atoms with Gasteiger partial charge in [-0.15, -0.1) is 11.3 Å². The molecule has 0 unspecified atom stereocenters. The first-order valence-corrected chi connectivity index (χ1v) is 11.6. The molecule has 5 aromatic rings. The minimum absolute atomic E-state index is 0.0810. The van der Waals surface area contributed by atoms with Crippen LogP contribution in [-0.4, -0.2) is 40.0 Å². The molecule has 5 rings (SSSR count). The molecular formula is C26H21N3O4S. The SMILES string of the molecule is CN(Cc1nc2ccccc2s1)C(=O)COC(=O)Cn1c2ccccc2c(=O)c2ccccc21. The molecule has 0 aliphatic rings. The minimum Gasteiger partial charge on any atom is -0.454 e. The number of para-hydroxylation sites is 3. The van der Waals surface area contributed by atoms with Crippen molar-refractivity contribution in [3.63, 3.8) is 0 Å². The quantitative estimate of drug-likeness (QED) is 0.277. The van der Waals surface area contributed by atoms with Gasteiger partial charge in [0.05, 0.1) is 27.8 Å². The summed E-state index contributed by atoms with van der Waals surface area (Å²) in [5.41, 5.74) is 2.10. The van der Waals surface area contributed by atoms with Crippen molar-refractivity contribution < 1.29 is 14.3 Å². The third kappa shape index (κ3) is 4.15. The van der Waals surface area contributed by atoms with E-state index in [2.05, 4.69) is 4.98 Å². The zero-order chi connectivity index (χ0) is 23.7. The fourth-order valence-corrected chi connectivity index (χ4v) is 4.97. The first-order valence-electron chi connectivity index (χ1n) is 10.8. The summed E-state index contributed by atoms with van der Waals surface area (Å²) >= 11 is 1.53. The number of pyridine rings is 1. The van der Waals surface area contributed by atoms with Crippen LogP contribution in [0, 0.1) is 0 Å². The van der Waals surface area contributed by atoms with Crippen LogP contribution in [0.1, 0.15) is 5.01 Å². The lowest BCUT2D eigenvalue weighted by Crippen LogP contribution is -2.31. The number of amides is 1. The Hall–Kier alpha value is -4.04. The molecule has 170 valence electrons. The molecule has 8 heteroatoms. The fourth-order valence-electron chi connectivity index (χ4n) is 3.95. The molecule has 0 aliphatic carbocycles. The van der Waals surface area contributed by atoms with E-state index in [9.17, 15) is 14.4 Å². The van der Waals surface area contributed by atoms with E-state index in [1.165, 1.54) is 16.2 Å². The van der Waals surface area contributed by atoms with Crippen LogP contribution < -0.4 is 5.43 Å². The Balaban J connectivity index is 1.29. The van der Waals surface area contributed by atoms with Crippen molar-refractivity contribution in [1.29, 1.82) is 0 Å². The molecule has 0 bridgehead atoms. The lowest BCUT2D eigenvalue weighted by molar-refractivity contribution is -0.152. The molecule has 34 heavy (non-hydrogen) atoms. The van der Waals surface area contributed by atoms with E-state index in [1.54, 1.807) is 48.0 Å². The maximum Gasteiger partial charge on any atom is 0.326 e. The van der Waals surface area contributed by atoms with Gasteiger partial charge in [0.1, 0.15) is 11.6 Å². The first-order chi connectivity index (χ1) is 16.5. The van der Waals surface area contributed by atoms with Gasteiger partial charge in [0.15, 0.2) is 12.0 Å². The number of nitrogens with zero attached hydrogens (tertiary/aromatic N) is 3. The highest BCUT2D eigenvalue weighted by Crippen LogP contribution is 2.22. The highest BCUT2D eigenvalue weighted by Gasteiger charge is 2.17. The Bertz CT molecular complexity index is 1510. The summed E-state index contributed by atoms with van der Waals surface area (Å²) < 4.78 is 8.12. The molecule has 2 aromatic heterocycles. The number of carbonyl (C=O) groups excluding carboxylic acids is 2. The Labute approximate surface area is 198 Å². The molecule has 0 aliphatic heterocycles. The Kier molecular flexibility index (Phi) is 5.81. The second-order valence-electron chi connectivity index (χ2n) is 7.94. The third-order valence-corrected chi connectivity index (χ3v) is 6.68. The number of ether oxygens (including phenoxy) is 1. The number of hydrogen-bond donors (Lipinski definition) is 0.